The van der Waals surface area contributed by atoms with Crippen LogP contribution in [0.1, 0.15) is 17.3 Å². The van der Waals surface area contributed by atoms with E-state index in [0.717, 1.165) is 11.3 Å². The van der Waals surface area contributed by atoms with Gasteiger partial charge in [0.25, 0.3) is 0 Å². The van der Waals surface area contributed by atoms with Gasteiger partial charge in [0.2, 0.25) is 0 Å². The van der Waals surface area contributed by atoms with Gasteiger partial charge in [-0.05, 0) is 18.6 Å². The van der Waals surface area contributed by atoms with Crippen LogP contribution in [0.4, 0.5) is 0 Å². The van der Waals surface area contributed by atoms with Gasteiger partial charge in [0.05, 0.1) is 18.3 Å². The Morgan fingerprint density at radius 2 is 2.45 bits per heavy atom. The third kappa shape index (κ3) is 1.76. The van der Waals surface area contributed by atoms with Gasteiger partial charge in [0.15, 0.2) is 0 Å². The zero-order valence-electron chi connectivity index (χ0n) is 6.49. The largest absolute Gasteiger partial charge is 0.394 e. The number of aliphatic hydroxyl groups is 1. The normalized spacial score (nSPS) is 13.0. The lowest BCUT2D eigenvalue weighted by molar-refractivity contribution is 0.265. The number of nitrogens with zero attached hydrogens (tertiary/aromatic N) is 1. The number of rotatable bonds is 2. The molecule has 1 aromatic heterocycles. The van der Waals surface area contributed by atoms with Crippen LogP contribution in [-0.2, 0) is 0 Å². The SMILES string of the molecule is Cc1cccnc1[C@H](N)CO. The lowest BCUT2D eigenvalue weighted by atomic mass is 10.1. The smallest absolute Gasteiger partial charge is 0.0707 e. The van der Waals surface area contributed by atoms with Crippen molar-refractivity contribution in [3.05, 3.63) is 29.6 Å². The van der Waals surface area contributed by atoms with Gasteiger partial charge in [-0.25, -0.2) is 0 Å². The summed E-state index contributed by atoms with van der Waals surface area (Å²) in [5, 5.41) is 8.75. The Balaban J connectivity index is 2.93. The second-order valence-corrected chi connectivity index (χ2v) is 2.49. The number of aliphatic hydroxyl groups excluding tert-OH is 1. The lowest BCUT2D eigenvalue weighted by Gasteiger charge is -2.09. The van der Waals surface area contributed by atoms with Gasteiger partial charge < -0.3 is 10.8 Å². The summed E-state index contributed by atoms with van der Waals surface area (Å²) in [5.74, 6) is 0. The van der Waals surface area contributed by atoms with Crippen molar-refractivity contribution in [3.63, 3.8) is 0 Å². The minimum absolute atomic E-state index is 0.0577. The standard InChI is InChI=1S/C8H12N2O/c1-6-3-2-4-10-8(6)7(9)5-11/h2-4,7,11H,5,9H2,1H3/t7-/m1/s1. The highest BCUT2D eigenvalue weighted by molar-refractivity contribution is 5.20. The summed E-state index contributed by atoms with van der Waals surface area (Å²) in [6, 6.07) is 3.43. The Labute approximate surface area is 65.9 Å². The van der Waals surface area contributed by atoms with Crippen LogP contribution in [0.15, 0.2) is 18.3 Å². The van der Waals surface area contributed by atoms with E-state index in [-0.39, 0.29) is 12.6 Å². The van der Waals surface area contributed by atoms with E-state index in [2.05, 4.69) is 4.98 Å². The molecule has 0 saturated carbocycles. The molecule has 0 bridgehead atoms. The first-order chi connectivity index (χ1) is 5.25. The Kier molecular flexibility index (Phi) is 2.57. The second kappa shape index (κ2) is 3.46. The molecule has 0 spiro atoms. The number of hydrogen-bond donors (Lipinski definition) is 2. The molecule has 1 aromatic rings. The van der Waals surface area contributed by atoms with Gasteiger partial charge in [0.1, 0.15) is 0 Å². The van der Waals surface area contributed by atoms with Crippen molar-refractivity contribution in [3.8, 4) is 0 Å². The third-order valence-corrected chi connectivity index (χ3v) is 1.60. The van der Waals surface area contributed by atoms with Crippen molar-refractivity contribution in [1.82, 2.24) is 4.98 Å². The number of aromatic nitrogens is 1. The Morgan fingerprint density at radius 1 is 1.73 bits per heavy atom. The summed E-state index contributed by atoms with van der Waals surface area (Å²) in [7, 11) is 0. The van der Waals surface area contributed by atoms with Crippen LogP contribution in [-0.4, -0.2) is 16.7 Å². The van der Waals surface area contributed by atoms with Crippen LogP contribution in [0, 0.1) is 6.92 Å². The topological polar surface area (TPSA) is 59.1 Å². The highest BCUT2D eigenvalue weighted by Crippen LogP contribution is 2.10. The summed E-state index contributed by atoms with van der Waals surface area (Å²) >= 11 is 0. The van der Waals surface area contributed by atoms with Crippen molar-refractivity contribution < 1.29 is 5.11 Å². The molecule has 0 aliphatic carbocycles. The van der Waals surface area contributed by atoms with E-state index in [1.165, 1.54) is 0 Å². The molecular formula is C8H12N2O. The maximum absolute atomic E-state index is 8.75. The third-order valence-electron chi connectivity index (χ3n) is 1.60. The molecule has 0 saturated heterocycles. The highest BCUT2D eigenvalue weighted by atomic mass is 16.3. The molecule has 3 nitrogen and oxygen atoms in total. The zero-order valence-corrected chi connectivity index (χ0v) is 6.49. The van der Waals surface area contributed by atoms with Crippen molar-refractivity contribution in [2.75, 3.05) is 6.61 Å². The second-order valence-electron chi connectivity index (χ2n) is 2.49. The Hall–Kier alpha value is -0.930. The Bertz CT molecular complexity index is 237. The molecular weight excluding hydrogens is 140 g/mol. The fourth-order valence-corrected chi connectivity index (χ4v) is 0.973. The van der Waals surface area contributed by atoms with Gasteiger partial charge in [-0.1, -0.05) is 6.07 Å². The predicted molar refractivity (Wildman–Crippen MR) is 43.0 cm³/mol. The highest BCUT2D eigenvalue weighted by Gasteiger charge is 2.07. The first-order valence-corrected chi connectivity index (χ1v) is 3.53. The maximum atomic E-state index is 8.75. The average Bonchev–Trinajstić information content (AvgIpc) is 2.04. The minimum atomic E-state index is -0.351. The molecule has 0 aliphatic heterocycles. The van der Waals surface area contributed by atoms with E-state index in [1.54, 1.807) is 6.20 Å². The molecule has 3 heteroatoms. The predicted octanol–water partition coefficient (Wildman–Crippen LogP) is 0.382. The van der Waals surface area contributed by atoms with Crippen molar-refractivity contribution >= 4 is 0 Å². The van der Waals surface area contributed by atoms with E-state index >= 15 is 0 Å². The first-order valence-electron chi connectivity index (χ1n) is 3.53. The van der Waals surface area contributed by atoms with E-state index in [4.69, 9.17) is 10.8 Å². The van der Waals surface area contributed by atoms with Crippen LogP contribution in [0.5, 0.6) is 0 Å². The van der Waals surface area contributed by atoms with Crippen molar-refractivity contribution in [2.24, 2.45) is 5.73 Å². The van der Waals surface area contributed by atoms with Gasteiger partial charge in [-0.15, -0.1) is 0 Å². The molecule has 11 heavy (non-hydrogen) atoms. The van der Waals surface area contributed by atoms with Crippen LogP contribution >= 0.6 is 0 Å². The minimum Gasteiger partial charge on any atom is -0.394 e. The fraction of sp³-hybridized carbons (Fsp3) is 0.375. The van der Waals surface area contributed by atoms with E-state index in [1.807, 2.05) is 19.1 Å². The molecule has 60 valence electrons. The monoisotopic (exact) mass is 152 g/mol. The number of nitrogens with two attached hydrogens (primary N) is 1. The number of aryl methyl sites for hydroxylation is 1. The molecule has 1 heterocycles. The fourth-order valence-electron chi connectivity index (χ4n) is 0.973. The van der Waals surface area contributed by atoms with E-state index in [9.17, 15) is 0 Å². The summed E-state index contributed by atoms with van der Waals surface area (Å²) in [6.07, 6.45) is 1.68. The summed E-state index contributed by atoms with van der Waals surface area (Å²) in [4.78, 5) is 4.06. The van der Waals surface area contributed by atoms with Crippen LogP contribution in [0.3, 0.4) is 0 Å². The van der Waals surface area contributed by atoms with Gasteiger partial charge in [0, 0.05) is 6.20 Å². The maximum Gasteiger partial charge on any atom is 0.0707 e. The zero-order chi connectivity index (χ0) is 8.27. The molecule has 0 amide bonds. The van der Waals surface area contributed by atoms with Crippen molar-refractivity contribution in [1.29, 1.82) is 0 Å². The number of pyridine rings is 1. The van der Waals surface area contributed by atoms with Gasteiger partial charge >= 0.3 is 0 Å². The van der Waals surface area contributed by atoms with Gasteiger partial charge in [-0.2, -0.15) is 0 Å². The van der Waals surface area contributed by atoms with E-state index < -0.39 is 0 Å². The molecule has 0 radical (unpaired) electrons. The summed E-state index contributed by atoms with van der Waals surface area (Å²) < 4.78 is 0. The molecule has 0 fully saturated rings. The molecule has 3 N–H and O–H groups in total. The quantitative estimate of drug-likeness (QED) is 0.644. The molecule has 0 unspecified atom stereocenters. The van der Waals surface area contributed by atoms with Crippen molar-refractivity contribution in [2.45, 2.75) is 13.0 Å². The van der Waals surface area contributed by atoms with E-state index in [0.29, 0.717) is 0 Å². The molecule has 1 rings (SSSR count). The van der Waals surface area contributed by atoms with Crippen LogP contribution in [0.2, 0.25) is 0 Å². The van der Waals surface area contributed by atoms with Crippen LogP contribution in [0.25, 0.3) is 0 Å². The first kappa shape index (κ1) is 8.17. The van der Waals surface area contributed by atoms with Gasteiger partial charge in [-0.3, -0.25) is 4.98 Å². The molecule has 0 aromatic carbocycles. The molecule has 0 aliphatic rings. The average molecular weight is 152 g/mol. The number of hydrogen-bond acceptors (Lipinski definition) is 3. The summed E-state index contributed by atoms with van der Waals surface area (Å²) in [6.45, 7) is 1.87. The van der Waals surface area contributed by atoms with Crippen LogP contribution < -0.4 is 5.73 Å². The lowest BCUT2D eigenvalue weighted by Crippen LogP contribution is -2.17. The Morgan fingerprint density at radius 3 is 3.00 bits per heavy atom. The molecule has 1 atom stereocenters. The summed E-state index contributed by atoms with van der Waals surface area (Å²) in [5.41, 5.74) is 7.38.